The summed E-state index contributed by atoms with van der Waals surface area (Å²) < 4.78 is 0. The fourth-order valence-electron chi connectivity index (χ4n) is 3.83. The highest BCUT2D eigenvalue weighted by molar-refractivity contribution is 5.45. The number of aromatic hydroxyl groups is 2. The van der Waals surface area contributed by atoms with Crippen molar-refractivity contribution in [3.8, 4) is 11.5 Å². The molecule has 1 aliphatic rings. The molecule has 0 spiro atoms. The van der Waals surface area contributed by atoms with Gasteiger partial charge in [0.05, 0.1) is 0 Å². The van der Waals surface area contributed by atoms with E-state index in [9.17, 15) is 10.2 Å². The lowest BCUT2D eigenvalue weighted by Gasteiger charge is -2.30. The molecule has 0 heterocycles. The number of rotatable bonds is 4. The Morgan fingerprint density at radius 3 is 2.43 bits per heavy atom. The van der Waals surface area contributed by atoms with Crippen LogP contribution in [0.25, 0.3) is 0 Å². The van der Waals surface area contributed by atoms with Crippen LogP contribution in [-0.2, 0) is 18.3 Å². The first-order valence-electron chi connectivity index (χ1n) is 7.73. The average Bonchev–Trinajstić information content (AvgIpc) is 2.80. The summed E-state index contributed by atoms with van der Waals surface area (Å²) in [6.07, 6.45) is 5.49. The van der Waals surface area contributed by atoms with Crippen LogP contribution in [0.3, 0.4) is 0 Å². The fourth-order valence-corrected chi connectivity index (χ4v) is 3.83. The van der Waals surface area contributed by atoms with E-state index in [1.54, 1.807) is 12.1 Å². The largest absolute Gasteiger partial charge is 0.508 e. The zero-order valence-corrected chi connectivity index (χ0v) is 12.5. The summed E-state index contributed by atoms with van der Waals surface area (Å²) in [5, 5.41) is 19.1. The van der Waals surface area contributed by atoms with Gasteiger partial charge in [0, 0.05) is 0 Å². The van der Waals surface area contributed by atoms with Crippen molar-refractivity contribution in [2.45, 2.75) is 44.4 Å². The molecule has 0 aromatic heterocycles. The Kier molecular flexibility index (Phi) is 3.62. The van der Waals surface area contributed by atoms with Crippen LogP contribution in [0.1, 0.15) is 42.9 Å². The van der Waals surface area contributed by atoms with E-state index in [1.165, 1.54) is 16.7 Å². The minimum absolute atomic E-state index is 0.175. The van der Waals surface area contributed by atoms with E-state index in [4.69, 9.17) is 0 Å². The molecule has 0 fully saturated rings. The van der Waals surface area contributed by atoms with Crippen LogP contribution in [0.4, 0.5) is 0 Å². The molecular formula is C19H22O2. The molecule has 2 N–H and O–H groups in total. The van der Waals surface area contributed by atoms with Crippen LogP contribution in [-0.4, -0.2) is 10.2 Å². The quantitative estimate of drug-likeness (QED) is 0.876. The van der Waals surface area contributed by atoms with Crippen molar-refractivity contribution in [3.05, 3.63) is 59.2 Å². The number of fused-ring (bicyclic) bond motifs is 1. The standard InChI is InChI=1S/C19H22O2/c1-2-10-19(13-14-3-5-16(20)6-4-14)11-9-15-12-17(21)7-8-18(15)19/h3-8,12,20-21H,2,9-11,13H2,1H3. The lowest BCUT2D eigenvalue weighted by atomic mass is 9.73. The minimum Gasteiger partial charge on any atom is -0.508 e. The molecule has 0 saturated heterocycles. The smallest absolute Gasteiger partial charge is 0.115 e. The second-order valence-corrected chi connectivity index (χ2v) is 6.22. The molecule has 2 aromatic carbocycles. The number of benzene rings is 2. The van der Waals surface area contributed by atoms with Crippen molar-refractivity contribution in [1.82, 2.24) is 0 Å². The maximum Gasteiger partial charge on any atom is 0.115 e. The molecule has 1 aliphatic carbocycles. The Morgan fingerprint density at radius 2 is 1.71 bits per heavy atom. The van der Waals surface area contributed by atoms with E-state index in [-0.39, 0.29) is 5.41 Å². The normalized spacial score (nSPS) is 20.4. The summed E-state index contributed by atoms with van der Waals surface area (Å²) in [5.74, 6) is 0.686. The van der Waals surface area contributed by atoms with Gasteiger partial charge in [0.2, 0.25) is 0 Å². The topological polar surface area (TPSA) is 40.5 Å². The highest BCUT2D eigenvalue weighted by Gasteiger charge is 2.37. The van der Waals surface area contributed by atoms with E-state index in [1.807, 2.05) is 24.3 Å². The molecule has 0 saturated carbocycles. The van der Waals surface area contributed by atoms with Gasteiger partial charge < -0.3 is 10.2 Å². The van der Waals surface area contributed by atoms with Crippen molar-refractivity contribution in [1.29, 1.82) is 0 Å². The zero-order chi connectivity index (χ0) is 14.9. The lowest BCUT2D eigenvalue weighted by molar-refractivity contribution is 0.383. The molecule has 1 atom stereocenters. The van der Waals surface area contributed by atoms with Crippen molar-refractivity contribution in [2.24, 2.45) is 0 Å². The number of hydrogen-bond acceptors (Lipinski definition) is 2. The SMILES string of the molecule is CCCC1(Cc2ccc(O)cc2)CCc2cc(O)ccc21. The van der Waals surface area contributed by atoms with Crippen LogP contribution in [0.15, 0.2) is 42.5 Å². The third-order valence-electron chi connectivity index (χ3n) is 4.74. The highest BCUT2D eigenvalue weighted by atomic mass is 16.3. The van der Waals surface area contributed by atoms with Crippen LogP contribution in [0.5, 0.6) is 11.5 Å². The Hall–Kier alpha value is -1.96. The number of aryl methyl sites for hydroxylation is 1. The first-order chi connectivity index (χ1) is 10.1. The Balaban J connectivity index is 1.97. The van der Waals surface area contributed by atoms with Gasteiger partial charge in [-0.3, -0.25) is 0 Å². The molecule has 0 amide bonds. The summed E-state index contributed by atoms with van der Waals surface area (Å²) in [4.78, 5) is 0. The summed E-state index contributed by atoms with van der Waals surface area (Å²) in [6.45, 7) is 2.23. The average molecular weight is 282 g/mol. The van der Waals surface area contributed by atoms with E-state index in [2.05, 4.69) is 13.0 Å². The van der Waals surface area contributed by atoms with Crippen molar-refractivity contribution >= 4 is 0 Å². The van der Waals surface area contributed by atoms with Gasteiger partial charge in [-0.2, -0.15) is 0 Å². The maximum absolute atomic E-state index is 9.69. The number of hydrogen-bond donors (Lipinski definition) is 2. The molecule has 110 valence electrons. The Labute approximate surface area is 126 Å². The molecule has 0 bridgehead atoms. The van der Waals surface area contributed by atoms with Gasteiger partial charge >= 0.3 is 0 Å². The van der Waals surface area contributed by atoms with Gasteiger partial charge in [0.15, 0.2) is 0 Å². The second kappa shape index (κ2) is 5.44. The third kappa shape index (κ3) is 2.63. The third-order valence-corrected chi connectivity index (χ3v) is 4.74. The van der Waals surface area contributed by atoms with Crippen molar-refractivity contribution in [2.75, 3.05) is 0 Å². The first kappa shape index (κ1) is 14.0. The molecule has 1 unspecified atom stereocenters. The van der Waals surface area contributed by atoms with E-state index in [0.29, 0.717) is 11.5 Å². The summed E-state index contributed by atoms with van der Waals surface area (Å²) in [7, 11) is 0. The Morgan fingerprint density at radius 1 is 1.00 bits per heavy atom. The number of phenolic OH excluding ortho intramolecular Hbond substituents is 2. The molecule has 2 nitrogen and oxygen atoms in total. The first-order valence-corrected chi connectivity index (χ1v) is 7.73. The lowest BCUT2D eigenvalue weighted by Crippen LogP contribution is -2.26. The number of phenols is 2. The maximum atomic E-state index is 9.69. The van der Waals surface area contributed by atoms with E-state index >= 15 is 0 Å². The summed E-state index contributed by atoms with van der Waals surface area (Å²) >= 11 is 0. The van der Waals surface area contributed by atoms with Gasteiger partial charge in [0.1, 0.15) is 11.5 Å². The molecular weight excluding hydrogens is 260 g/mol. The molecule has 2 heteroatoms. The highest BCUT2D eigenvalue weighted by Crippen LogP contribution is 2.45. The van der Waals surface area contributed by atoms with Gasteiger partial charge in [-0.05, 0) is 72.1 Å². The van der Waals surface area contributed by atoms with E-state index in [0.717, 1.165) is 32.1 Å². The molecule has 3 rings (SSSR count). The van der Waals surface area contributed by atoms with Crippen LogP contribution < -0.4 is 0 Å². The van der Waals surface area contributed by atoms with Gasteiger partial charge in [-0.1, -0.05) is 31.5 Å². The second-order valence-electron chi connectivity index (χ2n) is 6.22. The molecule has 0 radical (unpaired) electrons. The van der Waals surface area contributed by atoms with Crippen molar-refractivity contribution < 1.29 is 10.2 Å². The van der Waals surface area contributed by atoms with Crippen LogP contribution in [0, 0.1) is 0 Å². The minimum atomic E-state index is 0.175. The van der Waals surface area contributed by atoms with Crippen molar-refractivity contribution in [3.63, 3.8) is 0 Å². The molecule has 2 aromatic rings. The van der Waals surface area contributed by atoms with Gasteiger partial charge in [0.25, 0.3) is 0 Å². The Bertz CT molecular complexity index is 631. The zero-order valence-electron chi connectivity index (χ0n) is 12.5. The predicted molar refractivity (Wildman–Crippen MR) is 84.8 cm³/mol. The molecule has 0 aliphatic heterocycles. The predicted octanol–water partition coefficient (Wildman–Crippen LogP) is 4.32. The monoisotopic (exact) mass is 282 g/mol. The fraction of sp³-hybridized carbons (Fsp3) is 0.368. The van der Waals surface area contributed by atoms with Crippen LogP contribution in [0.2, 0.25) is 0 Å². The van der Waals surface area contributed by atoms with E-state index < -0.39 is 0 Å². The summed E-state index contributed by atoms with van der Waals surface area (Å²) in [6, 6.07) is 13.4. The summed E-state index contributed by atoms with van der Waals surface area (Å²) in [5.41, 5.74) is 4.13. The molecule has 21 heavy (non-hydrogen) atoms. The van der Waals surface area contributed by atoms with Crippen LogP contribution >= 0.6 is 0 Å². The van der Waals surface area contributed by atoms with Gasteiger partial charge in [-0.15, -0.1) is 0 Å². The van der Waals surface area contributed by atoms with Gasteiger partial charge in [-0.25, -0.2) is 0 Å².